The van der Waals surface area contributed by atoms with E-state index in [0.29, 0.717) is 24.0 Å². The van der Waals surface area contributed by atoms with Gasteiger partial charge in [-0.1, -0.05) is 23.7 Å². The molecular formula is C20H25ClN4O2. The molecule has 0 spiro atoms. The lowest BCUT2D eigenvalue weighted by Gasteiger charge is -2.34. The lowest BCUT2D eigenvalue weighted by molar-refractivity contribution is 0.0946. The minimum atomic E-state index is -0.135. The summed E-state index contributed by atoms with van der Waals surface area (Å²) >= 11 is 5.95. The van der Waals surface area contributed by atoms with E-state index in [4.69, 9.17) is 16.0 Å². The van der Waals surface area contributed by atoms with Gasteiger partial charge in [-0.05, 0) is 36.5 Å². The first kappa shape index (κ1) is 18.5. The quantitative estimate of drug-likeness (QED) is 0.790. The van der Waals surface area contributed by atoms with Gasteiger partial charge in [-0.3, -0.25) is 14.6 Å². The molecule has 0 atom stereocenters. The van der Waals surface area contributed by atoms with Gasteiger partial charge in [0.05, 0.1) is 6.54 Å². The molecule has 0 unspecified atom stereocenters. The molecule has 0 radical (unpaired) electrons. The molecule has 2 aliphatic rings. The molecule has 2 aromatic rings. The Morgan fingerprint density at radius 1 is 1.11 bits per heavy atom. The third kappa shape index (κ3) is 5.31. The van der Waals surface area contributed by atoms with Gasteiger partial charge in [-0.25, -0.2) is 4.98 Å². The minimum Gasteiger partial charge on any atom is -0.447 e. The highest BCUT2D eigenvalue weighted by Gasteiger charge is 2.23. The lowest BCUT2D eigenvalue weighted by Crippen LogP contribution is -2.45. The summed E-state index contributed by atoms with van der Waals surface area (Å²) in [6.07, 6.45) is 3.90. The zero-order valence-electron chi connectivity index (χ0n) is 15.4. The van der Waals surface area contributed by atoms with Crippen molar-refractivity contribution in [3.05, 3.63) is 52.7 Å². The Balaban J connectivity index is 1.22. The Kier molecular flexibility index (Phi) is 5.76. The van der Waals surface area contributed by atoms with Gasteiger partial charge in [0.25, 0.3) is 5.91 Å². The maximum Gasteiger partial charge on any atom is 0.273 e. The molecule has 1 N–H and O–H groups in total. The van der Waals surface area contributed by atoms with Crippen LogP contribution in [0.2, 0.25) is 5.02 Å². The maximum absolute atomic E-state index is 12.1. The van der Waals surface area contributed by atoms with E-state index in [1.165, 1.54) is 24.7 Å². The molecule has 1 aromatic heterocycles. The SMILES string of the molecule is O=C(NCC1CC1)c1coc(CN2CCN(Cc3ccc(Cl)cc3)CC2)n1. The number of benzene rings is 1. The second-order valence-electron chi connectivity index (χ2n) is 7.46. The number of piperazine rings is 1. The van der Waals surface area contributed by atoms with Crippen LogP contribution in [0.25, 0.3) is 0 Å². The van der Waals surface area contributed by atoms with Crippen LogP contribution in [0.4, 0.5) is 0 Å². The van der Waals surface area contributed by atoms with Crippen LogP contribution in [0.5, 0.6) is 0 Å². The van der Waals surface area contributed by atoms with Gasteiger partial charge < -0.3 is 9.73 Å². The normalized spacial score (nSPS) is 18.6. The fourth-order valence-corrected chi connectivity index (χ4v) is 3.41. The number of oxazole rings is 1. The number of hydrogen-bond acceptors (Lipinski definition) is 5. The van der Waals surface area contributed by atoms with Crippen LogP contribution in [0.1, 0.15) is 34.8 Å². The molecule has 1 saturated carbocycles. The van der Waals surface area contributed by atoms with E-state index in [0.717, 1.165) is 44.3 Å². The van der Waals surface area contributed by atoms with Gasteiger partial charge in [0, 0.05) is 44.3 Å². The predicted octanol–water partition coefficient (Wildman–Crippen LogP) is 2.79. The summed E-state index contributed by atoms with van der Waals surface area (Å²) < 4.78 is 5.50. The number of hydrogen-bond donors (Lipinski definition) is 1. The highest BCUT2D eigenvalue weighted by Crippen LogP contribution is 2.27. The highest BCUT2D eigenvalue weighted by molar-refractivity contribution is 6.30. The van der Waals surface area contributed by atoms with Crippen molar-refractivity contribution in [1.82, 2.24) is 20.1 Å². The zero-order valence-corrected chi connectivity index (χ0v) is 16.1. The Hall–Kier alpha value is -1.89. The second-order valence-corrected chi connectivity index (χ2v) is 7.90. The van der Waals surface area contributed by atoms with Gasteiger partial charge >= 0.3 is 0 Å². The fraction of sp³-hybridized carbons (Fsp3) is 0.500. The number of carbonyl (C=O) groups is 1. The number of aromatic nitrogens is 1. The maximum atomic E-state index is 12.1. The van der Waals surface area contributed by atoms with Gasteiger partial charge in [0.1, 0.15) is 6.26 Å². The van der Waals surface area contributed by atoms with Crippen LogP contribution in [0.15, 0.2) is 34.9 Å². The van der Waals surface area contributed by atoms with Gasteiger partial charge in [0.15, 0.2) is 5.69 Å². The largest absolute Gasteiger partial charge is 0.447 e. The number of nitrogens with zero attached hydrogens (tertiary/aromatic N) is 3. The molecule has 4 rings (SSSR count). The summed E-state index contributed by atoms with van der Waals surface area (Å²) in [5.74, 6) is 1.13. The molecule has 1 amide bonds. The van der Waals surface area contributed by atoms with Crippen molar-refractivity contribution in [2.24, 2.45) is 5.92 Å². The molecule has 1 aliphatic heterocycles. The molecule has 0 bridgehead atoms. The van der Waals surface area contributed by atoms with Crippen molar-refractivity contribution in [3.63, 3.8) is 0 Å². The number of amides is 1. The van der Waals surface area contributed by atoms with E-state index in [2.05, 4.69) is 32.2 Å². The first-order chi connectivity index (χ1) is 13.2. The average Bonchev–Trinajstić information content (AvgIpc) is 3.40. The van der Waals surface area contributed by atoms with E-state index in [1.807, 2.05) is 12.1 Å². The van der Waals surface area contributed by atoms with E-state index in [-0.39, 0.29) is 5.91 Å². The first-order valence-electron chi connectivity index (χ1n) is 9.57. The topological polar surface area (TPSA) is 61.6 Å². The molecule has 6 nitrogen and oxygen atoms in total. The molecule has 144 valence electrons. The van der Waals surface area contributed by atoms with Gasteiger partial charge in [0.2, 0.25) is 5.89 Å². The summed E-state index contributed by atoms with van der Waals surface area (Å²) in [4.78, 5) is 21.2. The molecule has 1 aromatic carbocycles. The van der Waals surface area contributed by atoms with Gasteiger partial charge in [-0.2, -0.15) is 0 Å². The van der Waals surface area contributed by atoms with Crippen molar-refractivity contribution in [3.8, 4) is 0 Å². The standard InChI is InChI=1S/C20H25ClN4O2/c21-17-5-3-16(4-6-17)12-24-7-9-25(10-8-24)13-19-23-18(14-27-19)20(26)22-11-15-1-2-15/h3-6,14-15H,1-2,7-13H2,(H,22,26). The molecule has 2 heterocycles. The number of nitrogens with one attached hydrogen (secondary N) is 1. The molecule has 7 heteroatoms. The van der Waals surface area contributed by atoms with Crippen molar-refractivity contribution >= 4 is 17.5 Å². The van der Waals surface area contributed by atoms with Crippen molar-refractivity contribution in [1.29, 1.82) is 0 Å². The van der Waals surface area contributed by atoms with Crippen molar-refractivity contribution < 1.29 is 9.21 Å². The molecule has 27 heavy (non-hydrogen) atoms. The van der Waals surface area contributed by atoms with Crippen LogP contribution in [-0.4, -0.2) is 53.4 Å². The molecule has 1 aliphatic carbocycles. The van der Waals surface area contributed by atoms with Crippen LogP contribution in [0, 0.1) is 5.92 Å². The monoisotopic (exact) mass is 388 g/mol. The molecule has 2 fully saturated rings. The summed E-state index contributed by atoms with van der Waals surface area (Å²) in [5, 5.41) is 3.69. The van der Waals surface area contributed by atoms with Gasteiger partial charge in [-0.15, -0.1) is 0 Å². The number of halogens is 1. The van der Waals surface area contributed by atoms with E-state index in [1.54, 1.807) is 0 Å². The van der Waals surface area contributed by atoms with E-state index >= 15 is 0 Å². The van der Waals surface area contributed by atoms with Crippen molar-refractivity contribution in [2.75, 3.05) is 32.7 Å². The highest BCUT2D eigenvalue weighted by atomic mass is 35.5. The fourth-order valence-electron chi connectivity index (χ4n) is 3.28. The van der Waals surface area contributed by atoms with Crippen molar-refractivity contribution in [2.45, 2.75) is 25.9 Å². The molecule has 1 saturated heterocycles. The third-order valence-electron chi connectivity index (χ3n) is 5.18. The Labute approximate surface area is 164 Å². The Morgan fingerprint density at radius 2 is 1.78 bits per heavy atom. The first-order valence-corrected chi connectivity index (χ1v) is 9.95. The Bertz CT molecular complexity index is 765. The summed E-state index contributed by atoms with van der Waals surface area (Å²) in [6, 6.07) is 8.04. The zero-order chi connectivity index (χ0) is 18.6. The van der Waals surface area contributed by atoms with Crippen LogP contribution in [-0.2, 0) is 13.1 Å². The smallest absolute Gasteiger partial charge is 0.273 e. The van der Waals surface area contributed by atoms with Crippen LogP contribution in [0.3, 0.4) is 0 Å². The van der Waals surface area contributed by atoms with E-state index < -0.39 is 0 Å². The summed E-state index contributed by atoms with van der Waals surface area (Å²) in [7, 11) is 0. The predicted molar refractivity (Wildman–Crippen MR) is 104 cm³/mol. The lowest BCUT2D eigenvalue weighted by atomic mass is 10.2. The number of carbonyl (C=O) groups excluding carboxylic acids is 1. The van der Waals surface area contributed by atoms with Crippen LogP contribution >= 0.6 is 11.6 Å². The average molecular weight is 389 g/mol. The number of rotatable bonds is 7. The third-order valence-corrected chi connectivity index (χ3v) is 5.43. The molecular weight excluding hydrogens is 364 g/mol. The Morgan fingerprint density at radius 3 is 2.44 bits per heavy atom. The van der Waals surface area contributed by atoms with Crippen LogP contribution < -0.4 is 5.32 Å². The summed E-state index contributed by atoms with van der Waals surface area (Å²) in [5.41, 5.74) is 1.66. The van der Waals surface area contributed by atoms with E-state index in [9.17, 15) is 4.79 Å². The minimum absolute atomic E-state index is 0.135. The second kappa shape index (κ2) is 8.42. The summed E-state index contributed by atoms with van der Waals surface area (Å²) in [6.45, 7) is 6.24.